The molecular formula is C16H24O2. The van der Waals surface area contributed by atoms with Crippen molar-refractivity contribution in [2.45, 2.75) is 52.4 Å². The van der Waals surface area contributed by atoms with E-state index in [9.17, 15) is 4.79 Å². The van der Waals surface area contributed by atoms with E-state index in [1.807, 2.05) is 19.1 Å². The number of hydrogen-bond acceptors (Lipinski definition) is 2. The van der Waals surface area contributed by atoms with Crippen molar-refractivity contribution in [3.63, 3.8) is 0 Å². The number of carbonyl (C=O) groups excluding carboxylic acids is 1. The highest BCUT2D eigenvalue weighted by Gasteiger charge is 2.09. The van der Waals surface area contributed by atoms with Crippen LogP contribution in [0.2, 0.25) is 0 Å². The third-order valence-corrected chi connectivity index (χ3v) is 3.31. The van der Waals surface area contributed by atoms with Crippen LogP contribution in [-0.2, 0) is 4.79 Å². The van der Waals surface area contributed by atoms with E-state index in [0.717, 1.165) is 18.6 Å². The highest BCUT2D eigenvalue weighted by molar-refractivity contribution is 5.77. The van der Waals surface area contributed by atoms with Gasteiger partial charge in [-0.25, -0.2) is 0 Å². The summed E-state index contributed by atoms with van der Waals surface area (Å²) < 4.78 is 5.80. The number of para-hydroxylation sites is 1. The van der Waals surface area contributed by atoms with Crippen molar-refractivity contribution in [1.29, 1.82) is 0 Å². The molecule has 0 aliphatic carbocycles. The third-order valence-electron chi connectivity index (χ3n) is 3.31. The van der Waals surface area contributed by atoms with Gasteiger partial charge in [0.2, 0.25) is 0 Å². The summed E-state index contributed by atoms with van der Waals surface area (Å²) in [5.74, 6) is 1.79. The highest BCUT2D eigenvalue weighted by atomic mass is 16.5. The molecule has 1 aromatic rings. The fourth-order valence-electron chi connectivity index (χ4n) is 1.87. The Hall–Kier alpha value is -1.31. The maximum Gasteiger partial charge on any atom is 0.132 e. The molecule has 0 aromatic heterocycles. The van der Waals surface area contributed by atoms with Gasteiger partial charge in [0, 0.05) is 12.8 Å². The van der Waals surface area contributed by atoms with Crippen molar-refractivity contribution in [3.8, 4) is 5.75 Å². The Morgan fingerprint density at radius 1 is 1.28 bits per heavy atom. The van der Waals surface area contributed by atoms with Gasteiger partial charge in [-0.3, -0.25) is 4.79 Å². The summed E-state index contributed by atoms with van der Waals surface area (Å²) in [5, 5.41) is 0. The summed E-state index contributed by atoms with van der Waals surface area (Å²) in [7, 11) is 0. The van der Waals surface area contributed by atoms with Crippen LogP contribution in [0.25, 0.3) is 0 Å². The molecule has 0 fully saturated rings. The molecule has 1 rings (SSSR count). The molecule has 0 aliphatic rings. The molecule has 0 saturated heterocycles. The topological polar surface area (TPSA) is 26.3 Å². The van der Waals surface area contributed by atoms with Gasteiger partial charge in [-0.15, -0.1) is 0 Å². The number of ketones is 1. The van der Waals surface area contributed by atoms with E-state index in [-0.39, 0.29) is 0 Å². The molecule has 0 N–H and O–H groups in total. The minimum absolute atomic E-state index is 0.314. The van der Waals surface area contributed by atoms with Crippen LogP contribution in [-0.4, -0.2) is 12.4 Å². The third kappa shape index (κ3) is 4.52. The Bertz CT molecular complexity index is 371. The first-order chi connectivity index (χ1) is 8.69. The summed E-state index contributed by atoms with van der Waals surface area (Å²) in [6.45, 7) is 6.92. The number of hydrogen-bond donors (Lipinski definition) is 0. The molecule has 100 valence electrons. The standard InChI is InChI=1S/C16H24O2/c1-4-13(3)15-10-6-7-11-16(15)18-12-8-9-14(17)5-2/h6-7,10-11,13H,4-5,8-9,12H2,1-3H3. The van der Waals surface area contributed by atoms with Crippen molar-refractivity contribution in [2.75, 3.05) is 6.61 Å². The molecule has 2 heteroatoms. The molecule has 0 amide bonds. The minimum Gasteiger partial charge on any atom is -0.493 e. The monoisotopic (exact) mass is 248 g/mol. The van der Waals surface area contributed by atoms with Gasteiger partial charge in [0.1, 0.15) is 11.5 Å². The highest BCUT2D eigenvalue weighted by Crippen LogP contribution is 2.28. The summed E-state index contributed by atoms with van der Waals surface area (Å²) in [5.41, 5.74) is 1.27. The van der Waals surface area contributed by atoms with Gasteiger partial charge in [0.15, 0.2) is 0 Å². The van der Waals surface area contributed by atoms with Gasteiger partial charge in [-0.05, 0) is 30.4 Å². The van der Waals surface area contributed by atoms with Crippen molar-refractivity contribution < 1.29 is 9.53 Å². The molecule has 1 atom stereocenters. The lowest BCUT2D eigenvalue weighted by Crippen LogP contribution is -2.04. The normalized spacial score (nSPS) is 12.2. The SMILES string of the molecule is CCC(=O)CCCOc1ccccc1C(C)CC. The van der Waals surface area contributed by atoms with E-state index in [2.05, 4.69) is 26.0 Å². The molecule has 0 radical (unpaired) electrons. The number of benzene rings is 1. The Balaban J connectivity index is 2.49. The predicted molar refractivity (Wildman–Crippen MR) is 75.2 cm³/mol. The molecule has 18 heavy (non-hydrogen) atoms. The number of Topliss-reactive ketones (excluding diaryl/α,β-unsaturated/α-hetero) is 1. The first-order valence-electron chi connectivity index (χ1n) is 6.92. The van der Waals surface area contributed by atoms with E-state index >= 15 is 0 Å². The zero-order valence-corrected chi connectivity index (χ0v) is 11.7. The van der Waals surface area contributed by atoms with Crippen LogP contribution in [0.15, 0.2) is 24.3 Å². The summed E-state index contributed by atoms with van der Waals surface area (Å²) in [6.07, 6.45) is 3.17. The van der Waals surface area contributed by atoms with Gasteiger partial charge in [0.05, 0.1) is 6.61 Å². The molecule has 0 aliphatic heterocycles. The second-order valence-corrected chi connectivity index (χ2v) is 4.69. The molecule has 0 spiro atoms. The van der Waals surface area contributed by atoms with Crippen LogP contribution in [0.4, 0.5) is 0 Å². The van der Waals surface area contributed by atoms with E-state index in [0.29, 0.717) is 31.1 Å². The van der Waals surface area contributed by atoms with Gasteiger partial charge in [-0.1, -0.05) is 39.0 Å². The van der Waals surface area contributed by atoms with Gasteiger partial charge in [-0.2, -0.15) is 0 Å². The largest absolute Gasteiger partial charge is 0.493 e. The van der Waals surface area contributed by atoms with Crippen LogP contribution < -0.4 is 4.74 Å². The second kappa shape index (κ2) is 7.91. The average molecular weight is 248 g/mol. The van der Waals surface area contributed by atoms with Crippen LogP contribution in [0.3, 0.4) is 0 Å². The van der Waals surface area contributed by atoms with Crippen molar-refractivity contribution in [2.24, 2.45) is 0 Å². The number of ether oxygens (including phenoxy) is 1. The van der Waals surface area contributed by atoms with Crippen LogP contribution in [0.5, 0.6) is 5.75 Å². The molecule has 1 unspecified atom stereocenters. The van der Waals surface area contributed by atoms with Crippen LogP contribution in [0.1, 0.15) is 57.9 Å². The lowest BCUT2D eigenvalue weighted by molar-refractivity contribution is -0.118. The maximum atomic E-state index is 11.2. The molecule has 0 heterocycles. The zero-order valence-electron chi connectivity index (χ0n) is 11.7. The fourth-order valence-corrected chi connectivity index (χ4v) is 1.87. The Labute approximate surface area is 110 Å². The quantitative estimate of drug-likeness (QED) is 0.640. The van der Waals surface area contributed by atoms with Crippen molar-refractivity contribution >= 4 is 5.78 Å². The van der Waals surface area contributed by atoms with E-state index in [4.69, 9.17) is 4.74 Å². The van der Waals surface area contributed by atoms with Gasteiger partial charge < -0.3 is 4.74 Å². The summed E-state index contributed by atoms with van der Waals surface area (Å²) in [4.78, 5) is 11.2. The number of carbonyl (C=O) groups is 1. The lowest BCUT2D eigenvalue weighted by atomic mass is 9.98. The Morgan fingerprint density at radius 2 is 2.00 bits per heavy atom. The van der Waals surface area contributed by atoms with Crippen molar-refractivity contribution in [3.05, 3.63) is 29.8 Å². The van der Waals surface area contributed by atoms with E-state index in [1.165, 1.54) is 5.56 Å². The van der Waals surface area contributed by atoms with E-state index < -0.39 is 0 Å². The fraction of sp³-hybridized carbons (Fsp3) is 0.562. The van der Waals surface area contributed by atoms with Crippen LogP contribution >= 0.6 is 0 Å². The summed E-state index contributed by atoms with van der Waals surface area (Å²) >= 11 is 0. The molecule has 1 aromatic carbocycles. The Kier molecular flexibility index (Phi) is 6.48. The maximum absolute atomic E-state index is 11.2. The van der Waals surface area contributed by atoms with Crippen LogP contribution in [0, 0.1) is 0 Å². The predicted octanol–water partition coefficient (Wildman–Crippen LogP) is 4.34. The summed E-state index contributed by atoms with van der Waals surface area (Å²) in [6, 6.07) is 8.19. The second-order valence-electron chi connectivity index (χ2n) is 4.69. The zero-order chi connectivity index (χ0) is 13.4. The molecular weight excluding hydrogens is 224 g/mol. The van der Waals surface area contributed by atoms with E-state index in [1.54, 1.807) is 0 Å². The molecule has 2 nitrogen and oxygen atoms in total. The van der Waals surface area contributed by atoms with Gasteiger partial charge >= 0.3 is 0 Å². The average Bonchev–Trinajstić information content (AvgIpc) is 2.42. The first kappa shape index (κ1) is 14.7. The smallest absolute Gasteiger partial charge is 0.132 e. The molecule has 0 bridgehead atoms. The van der Waals surface area contributed by atoms with Crippen molar-refractivity contribution in [1.82, 2.24) is 0 Å². The lowest BCUT2D eigenvalue weighted by Gasteiger charge is -2.15. The Morgan fingerprint density at radius 3 is 2.67 bits per heavy atom. The number of rotatable bonds is 8. The molecule has 0 saturated carbocycles. The first-order valence-corrected chi connectivity index (χ1v) is 6.92. The van der Waals surface area contributed by atoms with Gasteiger partial charge in [0.25, 0.3) is 0 Å². The minimum atomic E-state index is 0.314.